The van der Waals surface area contributed by atoms with Gasteiger partial charge in [0.1, 0.15) is 0 Å². The van der Waals surface area contributed by atoms with Crippen molar-refractivity contribution in [3.8, 4) is 0 Å². The lowest BCUT2D eigenvalue weighted by molar-refractivity contribution is 0.646. The molecule has 24 heavy (non-hydrogen) atoms. The monoisotopic (exact) mass is 362 g/mol. The number of guanidine groups is 1. The van der Waals surface area contributed by atoms with Crippen molar-refractivity contribution in [1.82, 2.24) is 15.6 Å². The molecule has 6 heteroatoms. The largest absolute Gasteiger partial charge is 0.357 e. The molecule has 0 radical (unpaired) electrons. The van der Waals surface area contributed by atoms with E-state index in [1.54, 1.807) is 11.3 Å². The minimum atomic E-state index is 0.196. The van der Waals surface area contributed by atoms with Crippen LogP contribution in [0, 0.1) is 6.92 Å². The van der Waals surface area contributed by atoms with E-state index in [4.69, 9.17) is 16.6 Å². The molecule has 3 rings (SSSR count). The van der Waals surface area contributed by atoms with Gasteiger partial charge in [0.05, 0.1) is 17.7 Å². The van der Waals surface area contributed by atoms with Crippen LogP contribution in [-0.4, -0.2) is 24.0 Å². The summed E-state index contributed by atoms with van der Waals surface area (Å²) >= 11 is 7.81. The van der Waals surface area contributed by atoms with Gasteiger partial charge in [0.2, 0.25) is 0 Å². The van der Waals surface area contributed by atoms with Gasteiger partial charge in [0, 0.05) is 28.4 Å². The van der Waals surface area contributed by atoms with Gasteiger partial charge in [-0.15, -0.1) is 11.3 Å². The van der Waals surface area contributed by atoms with E-state index in [0.29, 0.717) is 6.54 Å². The van der Waals surface area contributed by atoms with Crippen LogP contribution in [0.15, 0.2) is 34.8 Å². The van der Waals surface area contributed by atoms with Crippen molar-refractivity contribution in [3.05, 3.63) is 50.9 Å². The van der Waals surface area contributed by atoms with Crippen molar-refractivity contribution in [3.63, 3.8) is 0 Å². The fourth-order valence-electron chi connectivity index (χ4n) is 2.76. The molecule has 0 aliphatic heterocycles. The molecule has 0 bridgehead atoms. The number of nitrogens with one attached hydrogen (secondary N) is 2. The van der Waals surface area contributed by atoms with Gasteiger partial charge < -0.3 is 10.6 Å². The van der Waals surface area contributed by atoms with Gasteiger partial charge in [-0.3, -0.25) is 0 Å². The number of aliphatic imine (C=N–C) groups is 1. The van der Waals surface area contributed by atoms with Gasteiger partial charge in [-0.25, -0.2) is 9.98 Å². The average molecular weight is 363 g/mol. The molecule has 1 saturated carbocycles. The third-order valence-corrected chi connectivity index (χ3v) is 5.61. The van der Waals surface area contributed by atoms with Crippen molar-refractivity contribution >= 4 is 28.9 Å². The van der Waals surface area contributed by atoms with E-state index in [-0.39, 0.29) is 5.41 Å². The summed E-state index contributed by atoms with van der Waals surface area (Å²) in [4.78, 5) is 10.2. The summed E-state index contributed by atoms with van der Waals surface area (Å²) in [6.45, 7) is 6.49. The molecule has 2 aromatic rings. The van der Waals surface area contributed by atoms with Gasteiger partial charge >= 0.3 is 0 Å². The van der Waals surface area contributed by atoms with Gasteiger partial charge in [-0.05, 0) is 44.4 Å². The maximum Gasteiger partial charge on any atom is 0.191 e. The van der Waals surface area contributed by atoms with Crippen LogP contribution in [0.1, 0.15) is 35.9 Å². The van der Waals surface area contributed by atoms with Crippen molar-refractivity contribution in [2.45, 2.75) is 38.6 Å². The normalized spacial score (nSPS) is 16.0. The van der Waals surface area contributed by atoms with Crippen LogP contribution in [0.2, 0.25) is 5.02 Å². The van der Waals surface area contributed by atoms with Crippen molar-refractivity contribution in [2.24, 2.45) is 4.99 Å². The molecule has 0 saturated heterocycles. The Morgan fingerprint density at radius 1 is 1.38 bits per heavy atom. The smallest absolute Gasteiger partial charge is 0.191 e. The number of hydrogen-bond acceptors (Lipinski definition) is 3. The zero-order chi connectivity index (χ0) is 17.0. The number of benzene rings is 1. The second kappa shape index (κ2) is 7.53. The SMILES string of the molecule is CCNC(=NCc1scnc1C)NCC1(c2cccc(Cl)c2)CC1. The molecular formula is C18H23ClN4S. The van der Waals surface area contributed by atoms with Gasteiger partial charge in [0.25, 0.3) is 0 Å². The second-order valence-corrected chi connectivity index (χ2v) is 7.58. The molecule has 1 aromatic carbocycles. The lowest BCUT2D eigenvalue weighted by atomic mass is 9.96. The Hall–Kier alpha value is -1.59. The molecule has 2 N–H and O–H groups in total. The molecule has 0 unspecified atom stereocenters. The molecule has 0 spiro atoms. The first-order chi connectivity index (χ1) is 11.6. The molecule has 1 aliphatic rings. The van der Waals surface area contributed by atoms with E-state index in [1.807, 2.05) is 24.6 Å². The molecular weight excluding hydrogens is 340 g/mol. The van der Waals surface area contributed by atoms with Crippen LogP contribution in [-0.2, 0) is 12.0 Å². The van der Waals surface area contributed by atoms with E-state index in [2.05, 4.69) is 34.7 Å². The highest BCUT2D eigenvalue weighted by Gasteiger charge is 2.44. The molecule has 0 amide bonds. The third-order valence-electron chi connectivity index (χ3n) is 4.45. The van der Waals surface area contributed by atoms with E-state index in [9.17, 15) is 0 Å². The standard InChI is InChI=1S/C18H23ClN4S/c1-3-20-17(21-10-16-13(2)23-12-24-16)22-11-18(7-8-18)14-5-4-6-15(19)9-14/h4-6,9,12H,3,7-8,10-11H2,1-2H3,(H2,20,21,22). The zero-order valence-corrected chi connectivity index (χ0v) is 15.7. The number of nitrogens with zero attached hydrogens (tertiary/aromatic N) is 2. The Morgan fingerprint density at radius 2 is 2.21 bits per heavy atom. The molecule has 0 atom stereocenters. The number of rotatable bonds is 6. The van der Waals surface area contributed by atoms with E-state index in [0.717, 1.165) is 29.8 Å². The van der Waals surface area contributed by atoms with Crippen LogP contribution in [0.4, 0.5) is 0 Å². The predicted molar refractivity (Wildman–Crippen MR) is 102 cm³/mol. The molecule has 1 heterocycles. The second-order valence-electron chi connectivity index (χ2n) is 6.20. The number of aromatic nitrogens is 1. The minimum Gasteiger partial charge on any atom is -0.357 e. The number of thiazole rings is 1. The molecule has 4 nitrogen and oxygen atoms in total. The molecule has 1 fully saturated rings. The highest BCUT2D eigenvalue weighted by molar-refractivity contribution is 7.09. The Morgan fingerprint density at radius 3 is 2.83 bits per heavy atom. The summed E-state index contributed by atoms with van der Waals surface area (Å²) in [7, 11) is 0. The van der Waals surface area contributed by atoms with Crippen LogP contribution < -0.4 is 10.6 Å². The maximum atomic E-state index is 6.15. The van der Waals surface area contributed by atoms with E-state index < -0.39 is 0 Å². The lowest BCUT2D eigenvalue weighted by Gasteiger charge is -2.19. The zero-order valence-electron chi connectivity index (χ0n) is 14.1. The highest BCUT2D eigenvalue weighted by Crippen LogP contribution is 2.48. The third kappa shape index (κ3) is 4.08. The number of aryl methyl sites for hydroxylation is 1. The van der Waals surface area contributed by atoms with Crippen molar-refractivity contribution < 1.29 is 0 Å². The first-order valence-corrected chi connectivity index (χ1v) is 9.56. The highest BCUT2D eigenvalue weighted by atomic mass is 35.5. The summed E-state index contributed by atoms with van der Waals surface area (Å²) < 4.78 is 0. The molecule has 1 aromatic heterocycles. The topological polar surface area (TPSA) is 49.3 Å². The summed E-state index contributed by atoms with van der Waals surface area (Å²) in [5.41, 5.74) is 4.45. The fourth-order valence-corrected chi connectivity index (χ4v) is 3.65. The molecule has 1 aliphatic carbocycles. The summed E-state index contributed by atoms with van der Waals surface area (Å²) in [6.07, 6.45) is 2.38. The Kier molecular flexibility index (Phi) is 5.41. The first kappa shape index (κ1) is 17.2. The fraction of sp³-hybridized carbons (Fsp3) is 0.444. The van der Waals surface area contributed by atoms with Crippen LogP contribution in [0.25, 0.3) is 0 Å². The number of hydrogen-bond donors (Lipinski definition) is 2. The predicted octanol–water partition coefficient (Wildman–Crippen LogP) is 3.89. The minimum absolute atomic E-state index is 0.196. The van der Waals surface area contributed by atoms with Crippen LogP contribution >= 0.6 is 22.9 Å². The average Bonchev–Trinajstić information content (AvgIpc) is 3.26. The quantitative estimate of drug-likeness (QED) is 0.605. The summed E-state index contributed by atoms with van der Waals surface area (Å²) in [5.74, 6) is 0.860. The van der Waals surface area contributed by atoms with E-state index in [1.165, 1.54) is 23.3 Å². The Bertz CT molecular complexity index is 721. The van der Waals surface area contributed by atoms with Gasteiger partial charge in [0.15, 0.2) is 5.96 Å². The van der Waals surface area contributed by atoms with Crippen molar-refractivity contribution in [1.29, 1.82) is 0 Å². The summed E-state index contributed by atoms with van der Waals surface area (Å²) in [5, 5.41) is 7.63. The van der Waals surface area contributed by atoms with Gasteiger partial charge in [-0.2, -0.15) is 0 Å². The van der Waals surface area contributed by atoms with E-state index >= 15 is 0 Å². The molecule has 128 valence electrons. The first-order valence-electron chi connectivity index (χ1n) is 8.30. The van der Waals surface area contributed by atoms with Crippen LogP contribution in [0.5, 0.6) is 0 Å². The van der Waals surface area contributed by atoms with Crippen LogP contribution in [0.3, 0.4) is 0 Å². The van der Waals surface area contributed by atoms with Gasteiger partial charge in [-0.1, -0.05) is 23.7 Å². The number of halogens is 1. The van der Waals surface area contributed by atoms with Crippen molar-refractivity contribution in [2.75, 3.05) is 13.1 Å². The lowest BCUT2D eigenvalue weighted by Crippen LogP contribution is -2.41. The Balaban J connectivity index is 1.65. The summed E-state index contributed by atoms with van der Waals surface area (Å²) in [6, 6.07) is 8.22. The Labute approximate surface area is 152 Å². The maximum absolute atomic E-state index is 6.15.